The zero-order chi connectivity index (χ0) is 13.7. The summed E-state index contributed by atoms with van der Waals surface area (Å²) in [5.74, 6) is 0.744. The van der Waals surface area contributed by atoms with Gasteiger partial charge >= 0.3 is 6.03 Å². The molecule has 1 atom stereocenters. The summed E-state index contributed by atoms with van der Waals surface area (Å²) in [7, 11) is 0. The van der Waals surface area contributed by atoms with E-state index in [1.54, 1.807) is 0 Å². The smallest absolute Gasteiger partial charge is 0.315 e. The van der Waals surface area contributed by atoms with E-state index in [0.29, 0.717) is 13.1 Å². The topological polar surface area (TPSA) is 76.4 Å². The molecular weight excluding hydrogens is 246 g/mol. The van der Waals surface area contributed by atoms with Crippen molar-refractivity contribution in [2.24, 2.45) is 0 Å². The standard InChI is InChI=1S/C13H21N3O3/c1-9-12(10(2)19-16-9)8-15-13(17)14-7-11-5-3-4-6-18-11/h11H,3-8H2,1-2H3,(H2,14,15,17). The summed E-state index contributed by atoms with van der Waals surface area (Å²) in [5, 5.41) is 9.48. The van der Waals surface area contributed by atoms with Crippen LogP contribution in [0, 0.1) is 13.8 Å². The van der Waals surface area contributed by atoms with E-state index in [-0.39, 0.29) is 12.1 Å². The van der Waals surface area contributed by atoms with Crippen LogP contribution in [-0.2, 0) is 11.3 Å². The molecule has 1 aromatic rings. The number of aryl methyl sites for hydroxylation is 2. The fourth-order valence-electron chi connectivity index (χ4n) is 2.16. The first-order valence-electron chi connectivity index (χ1n) is 6.72. The lowest BCUT2D eigenvalue weighted by atomic mass is 10.1. The molecule has 1 saturated heterocycles. The molecule has 1 fully saturated rings. The van der Waals surface area contributed by atoms with Gasteiger partial charge in [0.05, 0.1) is 11.8 Å². The Bertz CT molecular complexity index is 405. The first kappa shape index (κ1) is 13.9. The maximum Gasteiger partial charge on any atom is 0.315 e. The molecule has 0 saturated carbocycles. The number of rotatable bonds is 4. The van der Waals surface area contributed by atoms with Crippen LogP contribution in [0.2, 0.25) is 0 Å². The Kier molecular flexibility index (Phi) is 4.79. The summed E-state index contributed by atoms with van der Waals surface area (Å²) in [6.07, 6.45) is 3.46. The largest absolute Gasteiger partial charge is 0.376 e. The van der Waals surface area contributed by atoms with Crippen LogP contribution in [0.4, 0.5) is 4.79 Å². The van der Waals surface area contributed by atoms with E-state index in [1.165, 1.54) is 6.42 Å². The summed E-state index contributed by atoms with van der Waals surface area (Å²) < 4.78 is 10.6. The number of carbonyl (C=O) groups excluding carboxylic acids is 1. The van der Waals surface area contributed by atoms with Gasteiger partial charge in [0.2, 0.25) is 0 Å². The summed E-state index contributed by atoms with van der Waals surface area (Å²) in [4.78, 5) is 11.7. The molecular formula is C13H21N3O3. The molecule has 19 heavy (non-hydrogen) atoms. The number of hydrogen-bond acceptors (Lipinski definition) is 4. The predicted octanol–water partition coefficient (Wildman–Crippen LogP) is 1.66. The van der Waals surface area contributed by atoms with Crippen molar-refractivity contribution in [3.05, 3.63) is 17.0 Å². The molecule has 2 N–H and O–H groups in total. The number of ether oxygens (including phenoxy) is 1. The first-order chi connectivity index (χ1) is 9.16. The Hall–Kier alpha value is -1.56. The molecule has 2 heterocycles. The molecule has 0 aromatic carbocycles. The minimum Gasteiger partial charge on any atom is -0.376 e. The number of carbonyl (C=O) groups is 1. The number of nitrogens with zero attached hydrogens (tertiary/aromatic N) is 1. The lowest BCUT2D eigenvalue weighted by molar-refractivity contribution is 0.0184. The van der Waals surface area contributed by atoms with Gasteiger partial charge in [0.25, 0.3) is 0 Å². The van der Waals surface area contributed by atoms with Crippen LogP contribution < -0.4 is 10.6 Å². The number of nitrogens with one attached hydrogen (secondary N) is 2. The molecule has 0 bridgehead atoms. The van der Waals surface area contributed by atoms with Gasteiger partial charge < -0.3 is 19.9 Å². The first-order valence-corrected chi connectivity index (χ1v) is 6.72. The monoisotopic (exact) mass is 267 g/mol. The minimum absolute atomic E-state index is 0.151. The summed E-state index contributed by atoms with van der Waals surface area (Å²) >= 11 is 0. The second-order valence-corrected chi connectivity index (χ2v) is 4.85. The van der Waals surface area contributed by atoms with Gasteiger partial charge in [-0.05, 0) is 33.1 Å². The summed E-state index contributed by atoms with van der Waals surface area (Å²) in [6.45, 7) is 5.49. The van der Waals surface area contributed by atoms with Gasteiger partial charge in [0.1, 0.15) is 5.76 Å². The van der Waals surface area contributed by atoms with Crippen molar-refractivity contribution >= 4 is 6.03 Å². The van der Waals surface area contributed by atoms with Gasteiger partial charge in [-0.15, -0.1) is 0 Å². The third kappa shape index (κ3) is 3.96. The van der Waals surface area contributed by atoms with Crippen molar-refractivity contribution in [3.63, 3.8) is 0 Å². The number of urea groups is 1. The van der Waals surface area contributed by atoms with Crippen molar-refractivity contribution in [2.75, 3.05) is 13.2 Å². The SMILES string of the molecule is Cc1noc(C)c1CNC(=O)NCC1CCCCO1. The molecule has 2 amide bonds. The summed E-state index contributed by atoms with van der Waals surface area (Å²) in [6, 6.07) is -0.186. The fourth-order valence-corrected chi connectivity index (χ4v) is 2.16. The van der Waals surface area contributed by atoms with Crippen LogP contribution in [0.5, 0.6) is 0 Å². The van der Waals surface area contributed by atoms with Crippen molar-refractivity contribution in [1.29, 1.82) is 0 Å². The van der Waals surface area contributed by atoms with E-state index in [0.717, 1.165) is 36.5 Å². The molecule has 1 unspecified atom stereocenters. The Morgan fingerprint density at radius 2 is 2.21 bits per heavy atom. The molecule has 0 aliphatic carbocycles. The number of aromatic nitrogens is 1. The van der Waals surface area contributed by atoms with Gasteiger partial charge in [-0.25, -0.2) is 4.79 Å². The number of amides is 2. The molecule has 6 nitrogen and oxygen atoms in total. The molecule has 2 rings (SSSR count). The average Bonchev–Trinajstić information content (AvgIpc) is 2.75. The minimum atomic E-state index is -0.186. The molecule has 0 radical (unpaired) electrons. The Morgan fingerprint density at radius 3 is 2.84 bits per heavy atom. The van der Waals surface area contributed by atoms with Crippen molar-refractivity contribution < 1.29 is 14.1 Å². The van der Waals surface area contributed by atoms with Gasteiger partial charge in [-0.1, -0.05) is 5.16 Å². The normalized spacial score (nSPS) is 19.2. The zero-order valence-corrected chi connectivity index (χ0v) is 11.5. The van der Waals surface area contributed by atoms with Gasteiger partial charge in [0.15, 0.2) is 0 Å². The maximum absolute atomic E-state index is 11.7. The Labute approximate surface area is 112 Å². The van der Waals surface area contributed by atoms with E-state index in [2.05, 4.69) is 15.8 Å². The highest BCUT2D eigenvalue weighted by Crippen LogP contribution is 2.12. The van der Waals surface area contributed by atoms with Crippen LogP contribution >= 0.6 is 0 Å². The van der Waals surface area contributed by atoms with E-state index in [9.17, 15) is 4.79 Å². The van der Waals surface area contributed by atoms with Crippen LogP contribution in [0.25, 0.3) is 0 Å². The van der Waals surface area contributed by atoms with Crippen LogP contribution in [0.3, 0.4) is 0 Å². The molecule has 106 valence electrons. The summed E-state index contributed by atoms with van der Waals surface area (Å²) in [5.41, 5.74) is 1.75. The Balaban J connectivity index is 1.69. The number of hydrogen-bond donors (Lipinski definition) is 2. The molecule has 1 aromatic heterocycles. The fraction of sp³-hybridized carbons (Fsp3) is 0.692. The highest BCUT2D eigenvalue weighted by Gasteiger charge is 2.15. The van der Waals surface area contributed by atoms with Crippen LogP contribution in [-0.4, -0.2) is 30.4 Å². The van der Waals surface area contributed by atoms with Crippen molar-refractivity contribution in [3.8, 4) is 0 Å². The van der Waals surface area contributed by atoms with Crippen LogP contribution in [0.15, 0.2) is 4.52 Å². The lowest BCUT2D eigenvalue weighted by Crippen LogP contribution is -2.41. The second-order valence-electron chi connectivity index (χ2n) is 4.85. The lowest BCUT2D eigenvalue weighted by Gasteiger charge is -2.22. The quantitative estimate of drug-likeness (QED) is 0.870. The van der Waals surface area contributed by atoms with Crippen molar-refractivity contribution in [1.82, 2.24) is 15.8 Å². The van der Waals surface area contributed by atoms with E-state index in [4.69, 9.17) is 9.26 Å². The molecule has 0 spiro atoms. The third-order valence-electron chi connectivity index (χ3n) is 3.37. The van der Waals surface area contributed by atoms with Gasteiger partial charge in [-0.2, -0.15) is 0 Å². The molecule has 1 aliphatic rings. The van der Waals surface area contributed by atoms with Crippen molar-refractivity contribution in [2.45, 2.75) is 45.8 Å². The van der Waals surface area contributed by atoms with Gasteiger partial charge in [-0.3, -0.25) is 0 Å². The predicted molar refractivity (Wildman–Crippen MR) is 69.8 cm³/mol. The third-order valence-corrected chi connectivity index (χ3v) is 3.37. The van der Waals surface area contributed by atoms with E-state index < -0.39 is 0 Å². The van der Waals surface area contributed by atoms with Gasteiger partial charge in [0, 0.05) is 25.3 Å². The second kappa shape index (κ2) is 6.56. The molecule has 1 aliphatic heterocycles. The highest BCUT2D eigenvalue weighted by atomic mass is 16.5. The zero-order valence-electron chi connectivity index (χ0n) is 11.5. The highest BCUT2D eigenvalue weighted by molar-refractivity contribution is 5.73. The average molecular weight is 267 g/mol. The van der Waals surface area contributed by atoms with Crippen LogP contribution in [0.1, 0.15) is 36.3 Å². The Morgan fingerprint density at radius 1 is 1.37 bits per heavy atom. The van der Waals surface area contributed by atoms with E-state index in [1.807, 2.05) is 13.8 Å². The maximum atomic E-state index is 11.7. The molecule has 6 heteroatoms. The van der Waals surface area contributed by atoms with E-state index >= 15 is 0 Å².